The van der Waals surface area contributed by atoms with Gasteiger partial charge in [-0.25, -0.2) is 9.37 Å². The summed E-state index contributed by atoms with van der Waals surface area (Å²) in [4.78, 5) is 16.9. The third kappa shape index (κ3) is 4.77. The van der Waals surface area contributed by atoms with Crippen LogP contribution in [0.3, 0.4) is 0 Å². The Morgan fingerprint density at radius 2 is 1.96 bits per heavy atom. The second-order valence-electron chi connectivity index (χ2n) is 6.47. The minimum atomic E-state index is -0.309. The van der Waals surface area contributed by atoms with E-state index in [-0.39, 0.29) is 17.0 Å². The molecule has 0 saturated carbocycles. The van der Waals surface area contributed by atoms with E-state index in [2.05, 4.69) is 42.3 Å². The van der Waals surface area contributed by atoms with E-state index >= 15 is 0 Å². The highest BCUT2D eigenvalue weighted by molar-refractivity contribution is 8.00. The molecule has 1 amide bonds. The van der Waals surface area contributed by atoms with E-state index in [4.69, 9.17) is 0 Å². The van der Waals surface area contributed by atoms with Gasteiger partial charge in [-0.15, -0.1) is 0 Å². The molecule has 0 fully saturated rings. The maximum Gasteiger partial charge on any atom is 0.233 e. The Hall–Kier alpha value is -2.60. The quantitative estimate of drug-likeness (QED) is 0.641. The van der Waals surface area contributed by atoms with Gasteiger partial charge in [-0.2, -0.15) is 0 Å². The summed E-state index contributed by atoms with van der Waals surface area (Å²) in [6, 6.07) is 12.4. The van der Waals surface area contributed by atoms with Gasteiger partial charge in [0.2, 0.25) is 5.91 Å². The molecule has 0 radical (unpaired) electrons. The summed E-state index contributed by atoms with van der Waals surface area (Å²) in [7, 11) is 0. The molecule has 0 aliphatic carbocycles. The van der Waals surface area contributed by atoms with Gasteiger partial charge >= 0.3 is 0 Å². The van der Waals surface area contributed by atoms with Gasteiger partial charge in [0.05, 0.1) is 10.9 Å². The molecule has 1 atom stereocenters. The highest BCUT2D eigenvalue weighted by Crippen LogP contribution is 2.26. The number of nitrogens with one attached hydrogen (secondary N) is 1. The normalized spacial score (nSPS) is 12.0. The van der Waals surface area contributed by atoms with Crippen LogP contribution in [0.5, 0.6) is 0 Å². The fourth-order valence-electron chi connectivity index (χ4n) is 2.69. The number of amides is 1. The summed E-state index contributed by atoms with van der Waals surface area (Å²) in [5.41, 5.74) is 4.24. The van der Waals surface area contributed by atoms with Gasteiger partial charge in [-0.1, -0.05) is 36.0 Å². The van der Waals surface area contributed by atoms with Gasteiger partial charge in [0.1, 0.15) is 5.82 Å². The Morgan fingerprint density at radius 3 is 2.70 bits per heavy atom. The molecule has 0 bridgehead atoms. The number of hydrogen-bond donors (Lipinski definition) is 1. The number of benzene rings is 2. The molecule has 4 nitrogen and oxygen atoms in total. The van der Waals surface area contributed by atoms with E-state index in [1.165, 1.54) is 29.5 Å². The minimum absolute atomic E-state index is 0.0835. The largest absolute Gasteiger partial charge is 0.351 e. The standard InChI is InChI=1S/C21H22FN3OS/c1-14-4-5-15(2)19(12-14)25-11-10-23-21(25)27-16(3)20(26)24-13-17-6-8-18(22)9-7-17/h4-12,16H,13H2,1-3H3,(H,24,26). The molecule has 140 valence electrons. The van der Waals surface area contributed by atoms with Gasteiger partial charge in [0.15, 0.2) is 5.16 Å². The number of imidazole rings is 1. The van der Waals surface area contributed by atoms with Crippen LogP contribution in [0.4, 0.5) is 4.39 Å². The fourth-order valence-corrected chi connectivity index (χ4v) is 3.59. The zero-order valence-corrected chi connectivity index (χ0v) is 16.4. The van der Waals surface area contributed by atoms with Crippen molar-refractivity contribution in [2.45, 2.75) is 37.7 Å². The van der Waals surface area contributed by atoms with Crippen LogP contribution in [-0.2, 0) is 11.3 Å². The maximum atomic E-state index is 13.0. The molecular formula is C21H22FN3OS. The number of thioether (sulfide) groups is 1. The molecule has 0 aliphatic rings. The van der Waals surface area contributed by atoms with Crippen molar-refractivity contribution in [2.24, 2.45) is 0 Å². The van der Waals surface area contributed by atoms with E-state index in [0.717, 1.165) is 22.0 Å². The molecule has 6 heteroatoms. The summed E-state index contributed by atoms with van der Waals surface area (Å²) in [6.45, 7) is 6.34. The topological polar surface area (TPSA) is 46.9 Å². The van der Waals surface area contributed by atoms with Crippen LogP contribution in [0.15, 0.2) is 60.0 Å². The molecule has 0 saturated heterocycles. The molecule has 2 aromatic carbocycles. The van der Waals surface area contributed by atoms with Crippen molar-refractivity contribution in [2.75, 3.05) is 0 Å². The molecule has 1 heterocycles. The average molecular weight is 383 g/mol. The Balaban J connectivity index is 1.67. The second kappa shape index (κ2) is 8.39. The minimum Gasteiger partial charge on any atom is -0.351 e. The van der Waals surface area contributed by atoms with Crippen molar-refractivity contribution in [3.63, 3.8) is 0 Å². The summed E-state index contributed by atoms with van der Waals surface area (Å²) >= 11 is 1.41. The van der Waals surface area contributed by atoms with E-state index in [0.29, 0.717) is 6.54 Å². The van der Waals surface area contributed by atoms with Gasteiger partial charge in [0, 0.05) is 18.9 Å². The van der Waals surface area contributed by atoms with Crippen LogP contribution >= 0.6 is 11.8 Å². The first kappa shape index (κ1) is 19.2. The van der Waals surface area contributed by atoms with Gasteiger partial charge < -0.3 is 5.32 Å². The highest BCUT2D eigenvalue weighted by Gasteiger charge is 2.18. The number of carbonyl (C=O) groups is 1. The van der Waals surface area contributed by atoms with Gasteiger partial charge in [-0.3, -0.25) is 9.36 Å². The van der Waals surface area contributed by atoms with E-state index in [1.807, 2.05) is 17.7 Å². The van der Waals surface area contributed by atoms with Crippen molar-refractivity contribution < 1.29 is 9.18 Å². The molecular weight excluding hydrogens is 361 g/mol. The summed E-state index contributed by atoms with van der Waals surface area (Å²) in [6.07, 6.45) is 3.65. The Morgan fingerprint density at radius 1 is 1.22 bits per heavy atom. The van der Waals surface area contributed by atoms with Crippen molar-refractivity contribution in [1.82, 2.24) is 14.9 Å². The summed E-state index contributed by atoms with van der Waals surface area (Å²) in [5, 5.41) is 3.35. The van der Waals surface area contributed by atoms with Crippen molar-refractivity contribution in [3.05, 3.63) is 77.4 Å². The lowest BCUT2D eigenvalue weighted by Gasteiger charge is -2.15. The molecule has 1 aromatic heterocycles. The molecule has 27 heavy (non-hydrogen) atoms. The highest BCUT2D eigenvalue weighted by atomic mass is 32.2. The second-order valence-corrected chi connectivity index (χ2v) is 7.78. The molecule has 0 spiro atoms. The first-order valence-corrected chi connectivity index (χ1v) is 9.62. The lowest BCUT2D eigenvalue weighted by molar-refractivity contribution is -0.120. The van der Waals surface area contributed by atoms with E-state index < -0.39 is 0 Å². The van der Waals surface area contributed by atoms with Crippen LogP contribution < -0.4 is 5.32 Å². The van der Waals surface area contributed by atoms with Gasteiger partial charge in [0.25, 0.3) is 0 Å². The Labute approximate surface area is 162 Å². The smallest absolute Gasteiger partial charge is 0.233 e. The Kier molecular flexibility index (Phi) is 5.96. The number of rotatable bonds is 6. The van der Waals surface area contributed by atoms with E-state index in [1.54, 1.807) is 18.3 Å². The fraction of sp³-hybridized carbons (Fsp3) is 0.238. The van der Waals surface area contributed by atoms with Crippen LogP contribution in [0, 0.1) is 19.7 Å². The molecule has 0 aliphatic heterocycles. The predicted molar refractivity (Wildman–Crippen MR) is 107 cm³/mol. The lowest BCUT2D eigenvalue weighted by Crippen LogP contribution is -2.30. The van der Waals surface area contributed by atoms with E-state index in [9.17, 15) is 9.18 Å². The first-order valence-electron chi connectivity index (χ1n) is 8.74. The van der Waals surface area contributed by atoms with Crippen molar-refractivity contribution in [3.8, 4) is 5.69 Å². The molecule has 1 N–H and O–H groups in total. The average Bonchev–Trinajstić information content (AvgIpc) is 3.10. The van der Waals surface area contributed by atoms with Crippen molar-refractivity contribution >= 4 is 17.7 Å². The number of aromatic nitrogens is 2. The third-order valence-corrected chi connectivity index (χ3v) is 5.34. The number of hydrogen-bond acceptors (Lipinski definition) is 3. The number of nitrogens with zero attached hydrogens (tertiary/aromatic N) is 2. The van der Waals surface area contributed by atoms with Crippen LogP contribution in [-0.4, -0.2) is 20.7 Å². The third-order valence-electron chi connectivity index (χ3n) is 4.26. The zero-order chi connectivity index (χ0) is 19.4. The first-order chi connectivity index (χ1) is 12.9. The number of carbonyl (C=O) groups excluding carboxylic acids is 1. The van der Waals surface area contributed by atoms with Crippen LogP contribution in [0.25, 0.3) is 5.69 Å². The molecule has 3 aromatic rings. The van der Waals surface area contributed by atoms with Crippen molar-refractivity contribution in [1.29, 1.82) is 0 Å². The number of aryl methyl sites for hydroxylation is 2. The molecule has 1 unspecified atom stereocenters. The Bertz CT molecular complexity index is 937. The zero-order valence-electron chi connectivity index (χ0n) is 15.6. The lowest BCUT2D eigenvalue weighted by atomic mass is 10.1. The summed E-state index contributed by atoms with van der Waals surface area (Å²) in [5.74, 6) is -0.368. The SMILES string of the molecule is Cc1ccc(C)c(-n2ccnc2SC(C)C(=O)NCc2ccc(F)cc2)c1. The maximum absolute atomic E-state index is 13.0. The van der Waals surface area contributed by atoms with Crippen LogP contribution in [0.1, 0.15) is 23.6 Å². The number of halogens is 1. The van der Waals surface area contributed by atoms with Gasteiger partial charge in [-0.05, 0) is 55.7 Å². The monoisotopic (exact) mass is 383 g/mol. The van der Waals surface area contributed by atoms with Crippen LogP contribution in [0.2, 0.25) is 0 Å². The molecule has 3 rings (SSSR count). The summed E-state index contributed by atoms with van der Waals surface area (Å²) < 4.78 is 15.0. The predicted octanol–water partition coefficient (Wildman–Crippen LogP) is 4.43.